The first-order chi connectivity index (χ1) is 19.8. The number of aliphatic carboxylic acids is 1. The molecule has 5 rings (SSSR count). The van der Waals surface area contributed by atoms with Gasteiger partial charge in [0.25, 0.3) is 5.91 Å². The molecule has 0 saturated heterocycles. The zero-order valence-corrected chi connectivity index (χ0v) is 24.8. The van der Waals surface area contributed by atoms with Crippen LogP contribution in [0, 0.1) is 5.92 Å². The predicted molar refractivity (Wildman–Crippen MR) is 165 cm³/mol. The summed E-state index contributed by atoms with van der Waals surface area (Å²) in [6.45, 7) is 0.346. The van der Waals surface area contributed by atoms with E-state index >= 15 is 0 Å². The van der Waals surface area contributed by atoms with Crippen molar-refractivity contribution >= 4 is 46.1 Å². The van der Waals surface area contributed by atoms with Gasteiger partial charge in [-0.05, 0) is 90.1 Å². The average Bonchev–Trinajstić information content (AvgIpc) is 3.29. The number of carboxylic acid groups (broad SMARTS) is 1. The summed E-state index contributed by atoms with van der Waals surface area (Å²) in [6.07, 6.45) is 2.62. The van der Waals surface area contributed by atoms with E-state index in [1.54, 1.807) is 19.0 Å². The van der Waals surface area contributed by atoms with Crippen molar-refractivity contribution in [2.75, 3.05) is 19.8 Å². The molecule has 2 unspecified atom stereocenters. The summed E-state index contributed by atoms with van der Waals surface area (Å²) in [6, 6.07) is 23.9. The molecule has 4 aromatic rings. The van der Waals surface area contributed by atoms with Gasteiger partial charge in [-0.25, -0.2) is 4.98 Å². The van der Waals surface area contributed by atoms with Gasteiger partial charge in [-0.3, -0.25) is 9.59 Å². The van der Waals surface area contributed by atoms with Gasteiger partial charge in [0.1, 0.15) is 12.4 Å². The fourth-order valence-corrected chi connectivity index (χ4v) is 6.91. The summed E-state index contributed by atoms with van der Waals surface area (Å²) >= 11 is 7.98. The van der Waals surface area contributed by atoms with Gasteiger partial charge in [-0.1, -0.05) is 41.9 Å². The second kappa shape index (κ2) is 13.0. The van der Waals surface area contributed by atoms with E-state index in [-0.39, 0.29) is 17.6 Å². The number of ether oxygens (including phenoxy) is 1. The number of halogens is 1. The van der Waals surface area contributed by atoms with Gasteiger partial charge in [-0.15, -0.1) is 0 Å². The molecule has 1 aliphatic rings. The highest BCUT2D eigenvalue weighted by molar-refractivity contribution is 7.99. The molecule has 0 aliphatic heterocycles. The number of aromatic nitrogens is 1. The second-order valence-corrected chi connectivity index (χ2v) is 12.3. The van der Waals surface area contributed by atoms with E-state index < -0.39 is 5.97 Å². The monoisotopic (exact) mass is 588 g/mol. The van der Waals surface area contributed by atoms with Crippen molar-refractivity contribution in [3.05, 3.63) is 106 Å². The van der Waals surface area contributed by atoms with Crippen LogP contribution in [-0.2, 0) is 24.2 Å². The maximum Gasteiger partial charge on any atom is 0.303 e. The normalized spacial score (nSPS) is 16.0. The largest absolute Gasteiger partial charge is 0.487 e. The molecule has 1 aromatic heterocycles. The lowest BCUT2D eigenvalue weighted by atomic mass is 9.95. The quantitative estimate of drug-likeness (QED) is 0.186. The molecule has 212 valence electrons. The minimum absolute atomic E-state index is 0.00750. The summed E-state index contributed by atoms with van der Waals surface area (Å²) in [5.41, 5.74) is 6.09. The van der Waals surface area contributed by atoms with Crippen LogP contribution in [0.4, 0.5) is 0 Å². The molecule has 1 heterocycles. The molecular weight excluding hydrogens is 556 g/mol. The molecule has 1 amide bonds. The molecule has 0 bridgehead atoms. The second-order valence-electron chi connectivity index (χ2n) is 10.6. The number of rotatable bonds is 11. The van der Waals surface area contributed by atoms with Crippen molar-refractivity contribution in [3.63, 3.8) is 0 Å². The van der Waals surface area contributed by atoms with Crippen LogP contribution in [0.5, 0.6) is 5.75 Å². The number of carbonyl (C=O) groups excluding carboxylic acids is 1. The van der Waals surface area contributed by atoms with Crippen molar-refractivity contribution < 1.29 is 19.4 Å². The molecule has 0 fully saturated rings. The number of amides is 1. The third kappa shape index (κ3) is 7.21. The molecule has 1 N–H and O–H groups in total. The number of hydrogen-bond donors (Lipinski definition) is 1. The lowest BCUT2D eigenvalue weighted by Crippen LogP contribution is -2.21. The molecular formula is C33H33ClN2O4S. The SMILES string of the molecule is CN(C)C(=O)c1ccc(CC2Cc3ccc(OCc4ccc5ccc(Cl)cc5n4)cc3C2SCCCC(=O)O)cc1. The highest BCUT2D eigenvalue weighted by Gasteiger charge is 2.33. The predicted octanol–water partition coefficient (Wildman–Crippen LogP) is 7.22. The first-order valence-corrected chi connectivity index (χ1v) is 15.1. The number of benzene rings is 3. The number of nitrogens with zero attached hydrogens (tertiary/aromatic N) is 2. The first-order valence-electron chi connectivity index (χ1n) is 13.7. The summed E-state index contributed by atoms with van der Waals surface area (Å²) in [5.74, 6) is 1.16. The molecule has 0 saturated carbocycles. The Morgan fingerprint density at radius 1 is 1.05 bits per heavy atom. The third-order valence-electron chi connectivity index (χ3n) is 7.37. The number of thioether (sulfide) groups is 1. The Morgan fingerprint density at radius 3 is 2.59 bits per heavy atom. The number of pyridine rings is 1. The van der Waals surface area contributed by atoms with Gasteiger partial charge < -0.3 is 14.7 Å². The number of hydrogen-bond acceptors (Lipinski definition) is 5. The Hall–Kier alpha value is -3.55. The highest BCUT2D eigenvalue weighted by Crippen LogP contribution is 2.48. The summed E-state index contributed by atoms with van der Waals surface area (Å²) in [5, 5.41) is 11.0. The molecule has 6 nitrogen and oxygen atoms in total. The maximum absolute atomic E-state index is 12.3. The van der Waals surface area contributed by atoms with Crippen molar-refractivity contribution in [2.24, 2.45) is 5.92 Å². The van der Waals surface area contributed by atoms with Crippen LogP contribution in [0.1, 0.15) is 50.8 Å². The fraction of sp³-hybridized carbons (Fsp3) is 0.303. The topological polar surface area (TPSA) is 79.7 Å². The van der Waals surface area contributed by atoms with Crippen LogP contribution >= 0.6 is 23.4 Å². The lowest BCUT2D eigenvalue weighted by Gasteiger charge is -2.21. The van der Waals surface area contributed by atoms with E-state index in [1.807, 2.05) is 72.4 Å². The highest BCUT2D eigenvalue weighted by atomic mass is 35.5. The van der Waals surface area contributed by atoms with Crippen molar-refractivity contribution in [2.45, 2.75) is 37.5 Å². The van der Waals surface area contributed by atoms with Crippen molar-refractivity contribution in [3.8, 4) is 5.75 Å². The van der Waals surface area contributed by atoms with Crippen LogP contribution in [0.25, 0.3) is 10.9 Å². The summed E-state index contributed by atoms with van der Waals surface area (Å²) in [7, 11) is 3.51. The minimum atomic E-state index is -0.762. The zero-order valence-electron chi connectivity index (χ0n) is 23.2. The van der Waals surface area contributed by atoms with Crippen LogP contribution in [-0.4, -0.2) is 46.7 Å². The van der Waals surface area contributed by atoms with E-state index in [0.717, 1.165) is 40.9 Å². The van der Waals surface area contributed by atoms with Crippen molar-refractivity contribution in [1.82, 2.24) is 9.88 Å². The van der Waals surface area contributed by atoms with E-state index in [0.29, 0.717) is 29.5 Å². The molecule has 3 aromatic carbocycles. The van der Waals surface area contributed by atoms with E-state index in [1.165, 1.54) is 16.7 Å². The Kier molecular flexibility index (Phi) is 9.15. The van der Waals surface area contributed by atoms with Gasteiger partial charge >= 0.3 is 5.97 Å². The van der Waals surface area contributed by atoms with E-state index in [2.05, 4.69) is 12.1 Å². The Balaban J connectivity index is 1.31. The summed E-state index contributed by atoms with van der Waals surface area (Å²) in [4.78, 5) is 29.7. The lowest BCUT2D eigenvalue weighted by molar-refractivity contribution is -0.137. The van der Waals surface area contributed by atoms with Gasteiger partial charge in [-0.2, -0.15) is 11.8 Å². The van der Waals surface area contributed by atoms with E-state index in [9.17, 15) is 9.59 Å². The Labute approximate surface area is 249 Å². The smallest absolute Gasteiger partial charge is 0.303 e. The standard InChI is InChI=1S/C33H33ClN2O4S/c1-36(2)33(39)23-7-5-21(6-8-23)16-25-17-24-11-14-28(19-29(24)32(25)41-15-3-4-31(37)38)40-20-27-13-10-22-9-12-26(34)18-30(22)35-27/h5-14,18-19,25,32H,3-4,15-17,20H2,1-2H3,(H,37,38). The average molecular weight is 589 g/mol. The van der Waals surface area contributed by atoms with Gasteiger partial charge in [0.05, 0.1) is 11.2 Å². The van der Waals surface area contributed by atoms with Crippen LogP contribution in [0.3, 0.4) is 0 Å². The van der Waals surface area contributed by atoms with Gasteiger partial charge in [0, 0.05) is 41.7 Å². The summed E-state index contributed by atoms with van der Waals surface area (Å²) < 4.78 is 6.19. The number of carboxylic acids is 1. The zero-order chi connectivity index (χ0) is 28.9. The van der Waals surface area contributed by atoms with Crippen LogP contribution in [0.2, 0.25) is 5.02 Å². The Morgan fingerprint density at radius 2 is 1.83 bits per heavy atom. The minimum Gasteiger partial charge on any atom is -0.487 e. The Bertz CT molecular complexity index is 1560. The molecule has 41 heavy (non-hydrogen) atoms. The maximum atomic E-state index is 12.3. The van der Waals surface area contributed by atoms with Crippen LogP contribution in [0.15, 0.2) is 72.8 Å². The fourth-order valence-electron chi connectivity index (χ4n) is 5.31. The van der Waals surface area contributed by atoms with Crippen LogP contribution < -0.4 is 4.74 Å². The first kappa shape index (κ1) is 29.0. The van der Waals surface area contributed by atoms with Gasteiger partial charge in [0.2, 0.25) is 0 Å². The van der Waals surface area contributed by atoms with Gasteiger partial charge in [0.15, 0.2) is 0 Å². The number of carbonyl (C=O) groups is 2. The van der Waals surface area contributed by atoms with Crippen molar-refractivity contribution in [1.29, 1.82) is 0 Å². The molecule has 0 radical (unpaired) electrons. The third-order valence-corrected chi connectivity index (χ3v) is 9.13. The molecule has 1 aliphatic carbocycles. The van der Waals surface area contributed by atoms with E-state index in [4.69, 9.17) is 26.4 Å². The molecule has 2 atom stereocenters. The number of fused-ring (bicyclic) bond motifs is 2. The molecule has 0 spiro atoms. The molecule has 8 heteroatoms.